The minimum Gasteiger partial charge on any atom is -0.497 e. The fraction of sp³-hybridized carbons (Fsp3) is 0.188. The summed E-state index contributed by atoms with van der Waals surface area (Å²) in [4.78, 5) is 44.9. The largest absolute Gasteiger partial charge is 0.497 e. The van der Waals surface area contributed by atoms with Crippen molar-refractivity contribution >= 4 is 28.6 Å². The number of nitrogens with one attached hydrogen (secondary N) is 1. The van der Waals surface area contributed by atoms with E-state index < -0.39 is 29.5 Å². The first-order valence-electron chi connectivity index (χ1n) is 13.7. The lowest BCUT2D eigenvalue weighted by molar-refractivity contribution is 0.102. The van der Waals surface area contributed by atoms with E-state index in [-0.39, 0.29) is 23.5 Å². The van der Waals surface area contributed by atoms with Gasteiger partial charge in [0.05, 0.1) is 37.1 Å². The Morgan fingerprint density at radius 1 is 1.07 bits per heavy atom. The minimum absolute atomic E-state index is 0.0591. The number of cyclic esters (lactones) is 1. The van der Waals surface area contributed by atoms with Crippen molar-refractivity contribution in [2.75, 3.05) is 26.0 Å². The minimum atomic E-state index is -0.718. The number of methoxy groups -OCH3 is 1. The highest BCUT2D eigenvalue weighted by Gasteiger charge is 2.32. The molecule has 0 radical (unpaired) electrons. The fourth-order valence-electron chi connectivity index (χ4n) is 5.18. The van der Waals surface area contributed by atoms with Crippen LogP contribution in [0, 0.1) is 12.7 Å². The molecular weight excluding hydrogens is 569 g/mol. The molecule has 0 saturated carbocycles. The van der Waals surface area contributed by atoms with Crippen LogP contribution >= 0.6 is 0 Å². The average molecular weight is 598 g/mol. The van der Waals surface area contributed by atoms with Gasteiger partial charge in [-0.25, -0.2) is 13.9 Å². The summed E-state index contributed by atoms with van der Waals surface area (Å²) < 4.78 is 34.7. The maximum absolute atomic E-state index is 15.2. The van der Waals surface area contributed by atoms with Crippen LogP contribution in [0.5, 0.6) is 17.2 Å². The number of anilines is 1. The molecule has 44 heavy (non-hydrogen) atoms. The topological polar surface area (TPSA) is 117 Å². The van der Waals surface area contributed by atoms with Crippen LogP contribution in [0.1, 0.15) is 16.1 Å². The van der Waals surface area contributed by atoms with Gasteiger partial charge in [-0.15, -0.1) is 0 Å². The summed E-state index contributed by atoms with van der Waals surface area (Å²) in [6.07, 6.45) is 0.568. The number of hydrogen-bond donors (Lipinski definition) is 1. The number of aromatic nitrogens is 3. The van der Waals surface area contributed by atoms with E-state index >= 15 is 4.39 Å². The van der Waals surface area contributed by atoms with Crippen molar-refractivity contribution in [2.45, 2.75) is 19.6 Å². The summed E-state index contributed by atoms with van der Waals surface area (Å²) >= 11 is 0. The number of halogens is 1. The first-order chi connectivity index (χ1) is 21.2. The zero-order valence-electron chi connectivity index (χ0n) is 24.1. The predicted octanol–water partition coefficient (Wildman–Crippen LogP) is 5.14. The molecule has 1 aliphatic rings. The summed E-state index contributed by atoms with van der Waals surface area (Å²) in [5.41, 5.74) is 0.966. The van der Waals surface area contributed by atoms with E-state index in [2.05, 4.69) is 10.3 Å². The maximum Gasteiger partial charge on any atom is 0.410 e. The Balaban J connectivity index is 1.27. The van der Waals surface area contributed by atoms with Gasteiger partial charge in [-0.3, -0.25) is 19.3 Å². The molecule has 0 aliphatic carbocycles. The number of pyridine rings is 1. The third-order valence-corrected chi connectivity index (χ3v) is 7.38. The lowest BCUT2D eigenvalue weighted by atomic mass is 10.2. The zero-order valence-corrected chi connectivity index (χ0v) is 24.1. The summed E-state index contributed by atoms with van der Waals surface area (Å²) in [5.74, 6) is -0.464. The Morgan fingerprint density at radius 3 is 2.57 bits per heavy atom. The van der Waals surface area contributed by atoms with Crippen molar-refractivity contribution in [3.05, 3.63) is 106 Å². The summed E-state index contributed by atoms with van der Waals surface area (Å²) in [6, 6.07) is 19.7. The third kappa shape index (κ3) is 5.33. The van der Waals surface area contributed by atoms with Crippen LogP contribution in [-0.2, 0) is 11.3 Å². The number of fused-ring (bicyclic) bond motifs is 1. The van der Waals surface area contributed by atoms with E-state index in [1.807, 2.05) is 6.07 Å². The molecule has 0 bridgehead atoms. The predicted molar refractivity (Wildman–Crippen MR) is 160 cm³/mol. The standard InChI is InChI=1S/C32H28FN5O6/c1-19-29(31(40)38(21-7-5-4-6-8-21)37(19)18-23-17-36(2)32(41)43-23)30(39)35-20-9-12-28(25(33)15-20)44-27-13-14-34-26-16-22(42-3)10-11-24(26)27/h4-16,23H,17-18H2,1-3H3,(H,35,39). The second-order valence-corrected chi connectivity index (χ2v) is 10.3. The first-order valence-corrected chi connectivity index (χ1v) is 13.7. The summed E-state index contributed by atoms with van der Waals surface area (Å²) in [7, 11) is 3.18. The third-order valence-electron chi connectivity index (χ3n) is 7.38. The summed E-state index contributed by atoms with van der Waals surface area (Å²) in [5, 5.41) is 3.30. The van der Waals surface area contributed by atoms with Crippen LogP contribution in [0.4, 0.5) is 14.9 Å². The van der Waals surface area contributed by atoms with Gasteiger partial charge in [-0.05, 0) is 49.4 Å². The highest BCUT2D eigenvalue weighted by molar-refractivity contribution is 6.05. The molecule has 2 aromatic heterocycles. The molecule has 12 heteroatoms. The second kappa shape index (κ2) is 11.6. The maximum atomic E-state index is 15.2. The smallest absolute Gasteiger partial charge is 0.410 e. The molecule has 5 aromatic rings. The number of likely N-dealkylation sites (N-methyl/N-ethyl adjacent to an activating group) is 1. The van der Waals surface area contributed by atoms with Crippen LogP contribution in [0.15, 0.2) is 83.8 Å². The molecule has 0 spiro atoms. The van der Waals surface area contributed by atoms with Gasteiger partial charge in [0.2, 0.25) is 0 Å². The van der Waals surface area contributed by atoms with Crippen molar-refractivity contribution in [3.63, 3.8) is 0 Å². The van der Waals surface area contributed by atoms with E-state index in [0.717, 1.165) is 6.07 Å². The van der Waals surface area contributed by atoms with Crippen molar-refractivity contribution < 1.29 is 28.2 Å². The van der Waals surface area contributed by atoms with Crippen LogP contribution in [-0.4, -0.2) is 58.1 Å². The van der Waals surface area contributed by atoms with E-state index in [9.17, 15) is 14.4 Å². The first kappa shape index (κ1) is 28.5. The van der Waals surface area contributed by atoms with Gasteiger partial charge >= 0.3 is 6.09 Å². The van der Waals surface area contributed by atoms with Gasteiger partial charge in [0.25, 0.3) is 11.5 Å². The van der Waals surface area contributed by atoms with Gasteiger partial charge < -0.3 is 24.4 Å². The number of carbonyl (C=O) groups is 2. The summed E-state index contributed by atoms with van der Waals surface area (Å²) in [6.45, 7) is 2.12. The number of ether oxygens (including phenoxy) is 3. The average Bonchev–Trinajstić information content (AvgIpc) is 3.47. The van der Waals surface area contributed by atoms with Gasteiger partial charge in [0.1, 0.15) is 23.2 Å². The molecule has 1 N–H and O–H groups in total. The van der Waals surface area contributed by atoms with Crippen LogP contribution in [0.2, 0.25) is 0 Å². The molecule has 6 rings (SSSR count). The van der Waals surface area contributed by atoms with Crippen LogP contribution in [0.3, 0.4) is 0 Å². The Morgan fingerprint density at radius 2 is 1.86 bits per heavy atom. The molecule has 1 atom stereocenters. The van der Waals surface area contributed by atoms with E-state index in [1.54, 1.807) is 80.5 Å². The SMILES string of the molecule is COc1ccc2c(Oc3ccc(NC(=O)c4c(C)n(CC5CN(C)C(=O)O5)n(-c5ccccc5)c4=O)cc3F)ccnc2c1. The Labute approximate surface area is 251 Å². The molecular formula is C32H28FN5O6. The normalized spacial score (nSPS) is 14.5. The highest BCUT2D eigenvalue weighted by atomic mass is 19.1. The van der Waals surface area contributed by atoms with Crippen molar-refractivity contribution in [2.24, 2.45) is 0 Å². The molecule has 224 valence electrons. The molecule has 1 fully saturated rings. The molecule has 3 heterocycles. The molecule has 2 amide bonds. The number of benzene rings is 3. The number of amides is 2. The Bertz CT molecular complexity index is 1950. The van der Waals surface area contributed by atoms with Crippen molar-refractivity contribution in [3.8, 4) is 22.9 Å². The number of hydrogen-bond acceptors (Lipinski definition) is 7. The molecule has 1 saturated heterocycles. The van der Waals surface area contributed by atoms with E-state index in [0.29, 0.717) is 40.3 Å². The molecule has 11 nitrogen and oxygen atoms in total. The van der Waals surface area contributed by atoms with Gasteiger partial charge in [0, 0.05) is 36.5 Å². The van der Waals surface area contributed by atoms with E-state index in [4.69, 9.17) is 14.2 Å². The van der Waals surface area contributed by atoms with Crippen molar-refractivity contribution in [1.82, 2.24) is 19.2 Å². The second-order valence-electron chi connectivity index (χ2n) is 10.3. The zero-order chi connectivity index (χ0) is 31.0. The molecule has 3 aromatic carbocycles. The quantitative estimate of drug-likeness (QED) is 0.263. The number of rotatable bonds is 8. The molecule has 1 unspecified atom stereocenters. The number of carbonyl (C=O) groups excluding carboxylic acids is 2. The fourth-order valence-corrected chi connectivity index (χ4v) is 5.18. The highest BCUT2D eigenvalue weighted by Crippen LogP contribution is 2.33. The van der Waals surface area contributed by atoms with Crippen LogP contribution in [0.25, 0.3) is 16.6 Å². The van der Waals surface area contributed by atoms with Gasteiger partial charge in [-0.2, -0.15) is 0 Å². The Kier molecular flexibility index (Phi) is 7.48. The van der Waals surface area contributed by atoms with Crippen molar-refractivity contribution in [1.29, 1.82) is 0 Å². The Hall–Kier alpha value is -5.65. The van der Waals surface area contributed by atoms with Gasteiger partial charge in [-0.1, -0.05) is 18.2 Å². The lowest BCUT2D eigenvalue weighted by Gasteiger charge is -2.16. The van der Waals surface area contributed by atoms with Gasteiger partial charge in [0.15, 0.2) is 11.6 Å². The lowest BCUT2D eigenvalue weighted by Crippen LogP contribution is -2.29. The molecule has 1 aliphatic heterocycles. The number of para-hydroxylation sites is 1. The monoisotopic (exact) mass is 597 g/mol. The number of nitrogens with zero attached hydrogens (tertiary/aromatic N) is 4. The van der Waals surface area contributed by atoms with Crippen LogP contribution < -0.4 is 20.3 Å². The van der Waals surface area contributed by atoms with E-state index in [1.165, 1.54) is 21.7 Å².